The highest BCUT2D eigenvalue weighted by atomic mass is 16.5. The van der Waals surface area contributed by atoms with E-state index in [2.05, 4.69) is 19.1 Å². The minimum absolute atomic E-state index is 0.365. The van der Waals surface area contributed by atoms with Crippen LogP contribution in [0.4, 0.5) is 0 Å². The fourth-order valence-corrected chi connectivity index (χ4v) is 2.60. The van der Waals surface area contributed by atoms with Gasteiger partial charge in [0.25, 0.3) is 0 Å². The number of benzene rings is 2. The van der Waals surface area contributed by atoms with E-state index >= 15 is 0 Å². The van der Waals surface area contributed by atoms with Crippen LogP contribution >= 0.6 is 0 Å². The van der Waals surface area contributed by atoms with E-state index in [0.29, 0.717) is 12.3 Å². The molecular formula is C19H25NO2. The average Bonchev–Trinajstić information content (AvgIpc) is 2.52. The third kappa shape index (κ3) is 3.60. The summed E-state index contributed by atoms with van der Waals surface area (Å²) in [6, 6.07) is 10.0. The molecule has 0 unspecified atom stereocenters. The molecule has 0 saturated carbocycles. The molecule has 3 N–H and O–H groups in total. The van der Waals surface area contributed by atoms with Gasteiger partial charge >= 0.3 is 0 Å². The molecule has 0 amide bonds. The first-order valence-corrected chi connectivity index (χ1v) is 7.91. The van der Waals surface area contributed by atoms with Crippen molar-refractivity contribution in [3.8, 4) is 17.2 Å². The lowest BCUT2D eigenvalue weighted by Crippen LogP contribution is -2.03. The van der Waals surface area contributed by atoms with E-state index in [1.165, 1.54) is 11.1 Å². The summed E-state index contributed by atoms with van der Waals surface area (Å²) >= 11 is 0. The van der Waals surface area contributed by atoms with E-state index < -0.39 is 0 Å². The number of aryl methyl sites for hydroxylation is 3. The Morgan fingerprint density at radius 1 is 1.05 bits per heavy atom. The average molecular weight is 299 g/mol. The topological polar surface area (TPSA) is 55.5 Å². The maximum absolute atomic E-state index is 10.0. The summed E-state index contributed by atoms with van der Waals surface area (Å²) < 4.78 is 6.07. The lowest BCUT2D eigenvalue weighted by molar-refractivity contribution is 0.452. The molecule has 0 bridgehead atoms. The van der Waals surface area contributed by atoms with Crippen molar-refractivity contribution in [2.24, 2.45) is 5.73 Å². The fraction of sp³-hybridized carbons (Fsp3) is 0.368. The van der Waals surface area contributed by atoms with Gasteiger partial charge in [0.2, 0.25) is 0 Å². The summed E-state index contributed by atoms with van der Waals surface area (Å²) in [6.45, 7) is 6.69. The van der Waals surface area contributed by atoms with Gasteiger partial charge in [-0.25, -0.2) is 0 Å². The van der Waals surface area contributed by atoms with Crippen LogP contribution in [-0.2, 0) is 19.3 Å². The van der Waals surface area contributed by atoms with E-state index in [9.17, 15) is 5.11 Å². The Morgan fingerprint density at radius 3 is 2.41 bits per heavy atom. The second-order valence-corrected chi connectivity index (χ2v) is 5.54. The second-order valence-electron chi connectivity index (χ2n) is 5.54. The summed E-state index contributed by atoms with van der Waals surface area (Å²) in [5, 5.41) is 10.0. The van der Waals surface area contributed by atoms with Gasteiger partial charge in [-0.3, -0.25) is 0 Å². The van der Waals surface area contributed by atoms with Crippen LogP contribution in [0, 0.1) is 6.92 Å². The van der Waals surface area contributed by atoms with E-state index in [0.717, 1.165) is 41.9 Å². The number of hydrogen-bond donors (Lipinski definition) is 2. The summed E-state index contributed by atoms with van der Waals surface area (Å²) in [7, 11) is 0. The first-order valence-electron chi connectivity index (χ1n) is 7.91. The standard InChI is InChI=1S/C19H25NO2/c1-4-15-11-14(8-9-20)6-7-18(15)22-17-10-13(3)19(21)16(5-2)12-17/h6-7,10-12,21H,4-5,8-9,20H2,1-3H3. The van der Waals surface area contributed by atoms with E-state index in [1.54, 1.807) is 0 Å². The number of aromatic hydroxyl groups is 1. The summed E-state index contributed by atoms with van der Waals surface area (Å²) in [5.41, 5.74) is 9.79. The van der Waals surface area contributed by atoms with Crippen molar-refractivity contribution in [1.82, 2.24) is 0 Å². The molecule has 0 aromatic heterocycles. The smallest absolute Gasteiger partial charge is 0.130 e. The Bertz CT molecular complexity index is 650. The number of phenols is 1. The van der Waals surface area contributed by atoms with Crippen molar-refractivity contribution in [1.29, 1.82) is 0 Å². The molecule has 0 spiro atoms. The minimum atomic E-state index is 0.365. The largest absolute Gasteiger partial charge is 0.507 e. The van der Waals surface area contributed by atoms with E-state index in [1.807, 2.05) is 32.0 Å². The van der Waals surface area contributed by atoms with Crippen LogP contribution in [-0.4, -0.2) is 11.7 Å². The summed E-state index contributed by atoms with van der Waals surface area (Å²) in [4.78, 5) is 0. The lowest BCUT2D eigenvalue weighted by Gasteiger charge is -2.14. The van der Waals surface area contributed by atoms with Crippen LogP contribution in [0.3, 0.4) is 0 Å². The predicted molar refractivity (Wildman–Crippen MR) is 90.9 cm³/mol. The Balaban J connectivity index is 2.32. The van der Waals surface area contributed by atoms with Gasteiger partial charge in [-0.2, -0.15) is 0 Å². The zero-order chi connectivity index (χ0) is 16.1. The molecule has 3 nitrogen and oxygen atoms in total. The van der Waals surface area contributed by atoms with Gasteiger partial charge in [0, 0.05) is 0 Å². The molecule has 22 heavy (non-hydrogen) atoms. The Hall–Kier alpha value is -2.00. The highest BCUT2D eigenvalue weighted by Crippen LogP contribution is 2.32. The number of hydrogen-bond acceptors (Lipinski definition) is 3. The minimum Gasteiger partial charge on any atom is -0.507 e. The van der Waals surface area contributed by atoms with Crippen molar-refractivity contribution in [2.45, 2.75) is 40.0 Å². The predicted octanol–water partition coefficient (Wildman–Crippen LogP) is 4.12. The number of nitrogens with two attached hydrogens (primary N) is 1. The molecule has 0 radical (unpaired) electrons. The van der Waals surface area contributed by atoms with Crippen LogP contribution in [0.1, 0.15) is 36.1 Å². The second kappa shape index (κ2) is 7.32. The molecule has 2 rings (SSSR count). The third-order valence-electron chi connectivity index (χ3n) is 3.90. The van der Waals surface area contributed by atoms with Gasteiger partial charge in [0.05, 0.1) is 0 Å². The maximum atomic E-state index is 10.0. The molecule has 0 aliphatic rings. The zero-order valence-corrected chi connectivity index (χ0v) is 13.6. The van der Waals surface area contributed by atoms with Crippen molar-refractivity contribution < 1.29 is 9.84 Å². The molecule has 0 atom stereocenters. The van der Waals surface area contributed by atoms with E-state index in [4.69, 9.17) is 10.5 Å². The molecule has 2 aromatic carbocycles. The highest BCUT2D eigenvalue weighted by molar-refractivity contribution is 5.48. The Morgan fingerprint density at radius 2 is 1.77 bits per heavy atom. The van der Waals surface area contributed by atoms with Crippen LogP contribution in [0.25, 0.3) is 0 Å². The molecule has 0 aliphatic heterocycles. The fourth-order valence-electron chi connectivity index (χ4n) is 2.60. The zero-order valence-electron chi connectivity index (χ0n) is 13.6. The van der Waals surface area contributed by atoms with Crippen molar-refractivity contribution in [3.05, 3.63) is 52.6 Å². The number of phenolic OH excluding ortho intramolecular Hbond substituents is 1. The van der Waals surface area contributed by atoms with Gasteiger partial charge in [-0.1, -0.05) is 26.0 Å². The third-order valence-corrected chi connectivity index (χ3v) is 3.90. The van der Waals surface area contributed by atoms with Gasteiger partial charge in [0.15, 0.2) is 0 Å². The Labute approximate surface area is 132 Å². The molecule has 0 heterocycles. The molecule has 118 valence electrons. The van der Waals surface area contributed by atoms with Gasteiger partial charge < -0.3 is 15.6 Å². The monoisotopic (exact) mass is 299 g/mol. The molecule has 3 heteroatoms. The number of rotatable bonds is 6. The number of ether oxygens (including phenoxy) is 1. The van der Waals surface area contributed by atoms with Gasteiger partial charge in [-0.15, -0.1) is 0 Å². The maximum Gasteiger partial charge on any atom is 0.130 e. The first kappa shape index (κ1) is 16.4. The normalized spacial score (nSPS) is 10.7. The quantitative estimate of drug-likeness (QED) is 0.843. The molecular weight excluding hydrogens is 274 g/mol. The Kier molecular flexibility index (Phi) is 5.45. The van der Waals surface area contributed by atoms with Crippen LogP contribution in [0.5, 0.6) is 17.2 Å². The summed E-state index contributed by atoms with van der Waals surface area (Å²) in [5.74, 6) is 2.01. The van der Waals surface area contributed by atoms with E-state index in [-0.39, 0.29) is 0 Å². The van der Waals surface area contributed by atoms with Crippen molar-refractivity contribution >= 4 is 0 Å². The molecule has 0 saturated heterocycles. The van der Waals surface area contributed by atoms with Crippen LogP contribution in [0.2, 0.25) is 0 Å². The summed E-state index contributed by atoms with van der Waals surface area (Å²) in [6.07, 6.45) is 2.57. The van der Waals surface area contributed by atoms with Crippen molar-refractivity contribution in [2.75, 3.05) is 6.54 Å². The van der Waals surface area contributed by atoms with Crippen molar-refractivity contribution in [3.63, 3.8) is 0 Å². The molecule has 0 fully saturated rings. The van der Waals surface area contributed by atoms with Crippen LogP contribution < -0.4 is 10.5 Å². The molecule has 2 aromatic rings. The SMILES string of the molecule is CCc1cc(CCN)ccc1Oc1cc(C)c(O)c(CC)c1. The molecule has 0 aliphatic carbocycles. The first-order chi connectivity index (χ1) is 10.6. The highest BCUT2D eigenvalue weighted by Gasteiger charge is 2.09. The lowest BCUT2D eigenvalue weighted by atomic mass is 10.0. The van der Waals surface area contributed by atoms with Crippen LogP contribution in [0.15, 0.2) is 30.3 Å². The van der Waals surface area contributed by atoms with Gasteiger partial charge in [-0.05, 0) is 73.2 Å². The van der Waals surface area contributed by atoms with Gasteiger partial charge in [0.1, 0.15) is 17.2 Å².